The molecule has 6 rings (SSSR count). The zero-order valence-corrected chi connectivity index (χ0v) is 39.4. The van der Waals surface area contributed by atoms with Gasteiger partial charge in [0.25, 0.3) is 5.91 Å². The van der Waals surface area contributed by atoms with Crippen molar-refractivity contribution in [2.45, 2.75) is 109 Å². The van der Waals surface area contributed by atoms with Gasteiger partial charge in [0.05, 0.1) is 30.1 Å². The summed E-state index contributed by atoms with van der Waals surface area (Å²) in [6.45, 7) is 6.74. The number of carbonyl (C=O) groups is 5. The average molecular weight is 945 g/mol. The Morgan fingerprint density at radius 2 is 1.65 bits per heavy atom. The number of benzene rings is 2. The number of halogens is 2. The van der Waals surface area contributed by atoms with Gasteiger partial charge in [-0.25, -0.2) is 0 Å². The highest BCUT2D eigenvalue weighted by atomic mass is 32.2. The molecule has 3 amide bonds. The van der Waals surface area contributed by atoms with Crippen LogP contribution in [0.15, 0.2) is 54.6 Å². The number of hydrogen-bond donors (Lipinski definition) is 1. The third-order valence-corrected chi connectivity index (χ3v) is 16.9. The second kappa shape index (κ2) is 21.1. The molecule has 3 aromatic rings. The molecule has 340 valence electrons. The second-order valence-corrected chi connectivity index (χ2v) is 22.6. The van der Waals surface area contributed by atoms with E-state index in [2.05, 4.69) is 11.4 Å². The lowest BCUT2D eigenvalue weighted by atomic mass is 9.90. The van der Waals surface area contributed by atoms with Crippen LogP contribution in [0.5, 0.6) is 0 Å². The highest BCUT2D eigenvalue weighted by molar-refractivity contribution is 8.13. The van der Waals surface area contributed by atoms with Crippen LogP contribution in [-0.2, 0) is 38.5 Å². The highest BCUT2D eigenvalue weighted by Crippen LogP contribution is 2.67. The van der Waals surface area contributed by atoms with Gasteiger partial charge < -0.3 is 24.2 Å². The summed E-state index contributed by atoms with van der Waals surface area (Å²) in [6, 6.07) is 15.3. The lowest BCUT2D eigenvalue weighted by molar-refractivity contribution is -0.146. The summed E-state index contributed by atoms with van der Waals surface area (Å²) in [5.74, 6) is -1.68. The van der Waals surface area contributed by atoms with Gasteiger partial charge in [0.15, 0.2) is 10.2 Å². The Labute approximate surface area is 380 Å². The van der Waals surface area contributed by atoms with Gasteiger partial charge in [-0.1, -0.05) is 100 Å². The quantitative estimate of drug-likeness (QED) is 0.108. The molecular formula is C45H55F2N4O8PS3. The Morgan fingerprint density at radius 3 is 2.33 bits per heavy atom. The first-order valence-corrected chi connectivity index (χ1v) is 25.8. The van der Waals surface area contributed by atoms with Crippen molar-refractivity contribution in [2.75, 3.05) is 37.8 Å². The first-order valence-electron chi connectivity index (χ1n) is 21.5. The minimum absolute atomic E-state index is 0.0170. The zero-order chi connectivity index (χ0) is 45.5. The predicted octanol–water partition coefficient (Wildman–Crippen LogP) is 9.34. The van der Waals surface area contributed by atoms with E-state index in [1.54, 1.807) is 30.6 Å². The minimum Gasteiger partial charge on any atom is -0.340 e. The van der Waals surface area contributed by atoms with Gasteiger partial charge in [-0.05, 0) is 61.3 Å². The summed E-state index contributed by atoms with van der Waals surface area (Å²) in [4.78, 5) is 70.3. The van der Waals surface area contributed by atoms with E-state index in [0.29, 0.717) is 49.8 Å². The van der Waals surface area contributed by atoms with Crippen molar-refractivity contribution < 1.29 is 46.4 Å². The van der Waals surface area contributed by atoms with Gasteiger partial charge >= 0.3 is 13.3 Å². The number of alkyl halides is 2. The Hall–Kier alpha value is -3.65. The number of nitrogens with one attached hydrogen (secondary N) is 1. The summed E-state index contributed by atoms with van der Waals surface area (Å²) in [7, 11) is -5.24. The third-order valence-electron chi connectivity index (χ3n) is 11.6. The molecule has 0 bridgehead atoms. The van der Waals surface area contributed by atoms with Crippen molar-refractivity contribution >= 4 is 80.5 Å². The minimum atomic E-state index is -5.24. The number of thioether (sulfide) groups is 2. The molecule has 1 N–H and O–H groups in total. The standard InChI is InChI=1S/C45H55F2N4O8PS3/c1-5-11-39(52)61-22-20-58-60(57,59-21-23-62-43(56)44(2,3)4)45(46,47)32-16-19-37-30(24-32)25-38(63-37)40(53)49-35-15-10-9-14-33-17-18-36(51(33)41(35)54)42(55)50-27-31(26-48)34(28-50)29-12-7-6-8-13-29/h6-8,12-13,16,19,24-25,31,33-36H,5,9-11,14-15,17-18,20-23,27-28H2,1-4H3,(H,49,53)/t31-,33+,34+,35+,36+,60?/m1/s1. The van der Waals surface area contributed by atoms with Crippen LogP contribution in [0.4, 0.5) is 8.78 Å². The molecule has 4 heterocycles. The lowest BCUT2D eigenvalue weighted by Crippen LogP contribution is -2.56. The van der Waals surface area contributed by atoms with Crippen molar-refractivity contribution in [3.63, 3.8) is 0 Å². The largest absolute Gasteiger partial charge is 0.404 e. The molecule has 3 saturated heterocycles. The van der Waals surface area contributed by atoms with Gasteiger partial charge in [-0.2, -0.15) is 14.0 Å². The Balaban J connectivity index is 1.16. The first kappa shape index (κ1) is 48.8. The van der Waals surface area contributed by atoms with E-state index in [9.17, 15) is 33.8 Å². The van der Waals surface area contributed by atoms with Crippen molar-refractivity contribution in [3.05, 3.63) is 70.6 Å². The van der Waals surface area contributed by atoms with Gasteiger partial charge in [-0.15, -0.1) is 11.3 Å². The molecular weight excluding hydrogens is 890 g/mol. The number of rotatable bonds is 16. The van der Waals surface area contributed by atoms with Crippen LogP contribution in [0.1, 0.15) is 106 Å². The molecule has 3 aliphatic heterocycles. The van der Waals surface area contributed by atoms with Crippen LogP contribution in [0.25, 0.3) is 10.1 Å². The fourth-order valence-corrected chi connectivity index (χ4v) is 12.5. The van der Waals surface area contributed by atoms with Gasteiger partial charge in [-0.3, -0.25) is 28.5 Å². The lowest BCUT2D eigenvalue weighted by Gasteiger charge is -2.36. The van der Waals surface area contributed by atoms with Crippen molar-refractivity contribution in [2.24, 2.45) is 11.3 Å². The van der Waals surface area contributed by atoms with E-state index < -0.39 is 55.4 Å². The Bertz CT molecular complexity index is 2250. The van der Waals surface area contributed by atoms with Gasteiger partial charge in [0, 0.05) is 58.7 Å². The van der Waals surface area contributed by atoms with Crippen LogP contribution < -0.4 is 5.32 Å². The molecule has 0 saturated carbocycles. The van der Waals surface area contributed by atoms with E-state index in [-0.39, 0.29) is 68.2 Å². The van der Waals surface area contributed by atoms with Crippen LogP contribution in [0, 0.1) is 22.7 Å². The number of thiophene rings is 1. The van der Waals surface area contributed by atoms with Crippen LogP contribution in [-0.4, -0.2) is 93.7 Å². The van der Waals surface area contributed by atoms with E-state index >= 15 is 8.78 Å². The maximum Gasteiger partial charge on any atom is 0.404 e. The monoisotopic (exact) mass is 944 g/mol. The molecule has 2 aromatic carbocycles. The number of amides is 3. The molecule has 0 spiro atoms. The number of fused-ring (bicyclic) bond motifs is 2. The molecule has 6 atom stereocenters. The van der Waals surface area contributed by atoms with Crippen molar-refractivity contribution in [1.29, 1.82) is 5.26 Å². The number of nitrogens with zero attached hydrogens (tertiary/aromatic N) is 3. The smallest absolute Gasteiger partial charge is 0.340 e. The highest BCUT2D eigenvalue weighted by Gasteiger charge is 2.55. The predicted molar refractivity (Wildman–Crippen MR) is 243 cm³/mol. The van der Waals surface area contributed by atoms with Gasteiger partial charge in [0.2, 0.25) is 11.8 Å². The number of nitriles is 1. The summed E-state index contributed by atoms with van der Waals surface area (Å²) < 4.78 is 58.0. The van der Waals surface area contributed by atoms with Crippen molar-refractivity contribution in [3.8, 4) is 6.07 Å². The summed E-state index contributed by atoms with van der Waals surface area (Å²) in [5, 5.41) is 12.8. The second-order valence-electron chi connectivity index (χ2n) is 17.2. The zero-order valence-electron chi connectivity index (χ0n) is 36.0. The summed E-state index contributed by atoms with van der Waals surface area (Å²) >= 11 is 2.82. The van der Waals surface area contributed by atoms with E-state index in [4.69, 9.17) is 9.05 Å². The van der Waals surface area contributed by atoms with E-state index in [1.807, 2.05) is 37.3 Å². The maximum absolute atomic E-state index is 16.4. The Kier molecular flexibility index (Phi) is 16.4. The number of hydrogen-bond acceptors (Lipinski definition) is 12. The Morgan fingerprint density at radius 1 is 0.952 bits per heavy atom. The fourth-order valence-electron chi connectivity index (χ4n) is 8.30. The SMILES string of the molecule is CCCC(=O)SCCOP(=O)(OCCSC(=O)C(C)(C)C)C(F)(F)c1ccc2sc(C(=O)N[C@H]3CCCC[C@H]4CC[C@@H](C(=O)N5C[C@@H](C#N)[C@H](c6ccccc6)C5)N4C3=O)cc2c1. The molecule has 12 nitrogen and oxygen atoms in total. The first-order chi connectivity index (χ1) is 30.0. The molecule has 3 aliphatic rings. The van der Waals surface area contributed by atoms with Gasteiger partial charge in [0.1, 0.15) is 12.1 Å². The maximum atomic E-state index is 16.4. The fraction of sp³-hybridized carbons (Fsp3) is 0.556. The number of likely N-dealkylation sites (tertiary alicyclic amines) is 1. The molecule has 1 aromatic heterocycles. The molecule has 18 heteroatoms. The average Bonchev–Trinajstić information content (AvgIpc) is 4.01. The molecule has 0 aliphatic carbocycles. The van der Waals surface area contributed by atoms with Crippen LogP contribution in [0.2, 0.25) is 0 Å². The normalized spacial score (nSPS) is 22.8. The van der Waals surface area contributed by atoms with Crippen molar-refractivity contribution in [1.82, 2.24) is 15.1 Å². The van der Waals surface area contributed by atoms with E-state index in [0.717, 1.165) is 65.4 Å². The van der Waals surface area contributed by atoms with Crippen LogP contribution in [0.3, 0.4) is 0 Å². The van der Waals surface area contributed by atoms with Crippen LogP contribution >= 0.6 is 42.5 Å². The molecule has 0 radical (unpaired) electrons. The topological polar surface area (TPSA) is 163 Å². The third kappa shape index (κ3) is 11.4. The summed E-state index contributed by atoms with van der Waals surface area (Å²) in [6.07, 6.45) is 4.64. The molecule has 1 unspecified atom stereocenters. The summed E-state index contributed by atoms with van der Waals surface area (Å²) in [5.41, 5.74) is -4.52. The van der Waals surface area contributed by atoms with E-state index in [1.165, 1.54) is 12.1 Å². The molecule has 3 fully saturated rings. The molecule has 63 heavy (non-hydrogen) atoms. The number of carbonyl (C=O) groups excluding carboxylic acids is 5.